The van der Waals surface area contributed by atoms with Crippen LogP contribution in [-0.4, -0.2) is 72.5 Å². The van der Waals surface area contributed by atoms with E-state index in [9.17, 15) is 9.59 Å². The summed E-state index contributed by atoms with van der Waals surface area (Å²) in [6, 6.07) is 14.0. The quantitative estimate of drug-likeness (QED) is 0.821. The van der Waals surface area contributed by atoms with E-state index in [-0.39, 0.29) is 18.5 Å². The Hall–Kier alpha value is -2.76. The van der Waals surface area contributed by atoms with Crippen molar-refractivity contribution in [3.63, 3.8) is 0 Å². The second kappa shape index (κ2) is 8.50. The van der Waals surface area contributed by atoms with Gasteiger partial charge < -0.3 is 19.4 Å². The zero-order valence-corrected chi connectivity index (χ0v) is 16.2. The van der Waals surface area contributed by atoms with Crippen molar-refractivity contribution in [2.24, 2.45) is 0 Å². The first-order chi connectivity index (χ1) is 13.7. The van der Waals surface area contributed by atoms with Gasteiger partial charge in [0, 0.05) is 44.7 Å². The molecule has 0 unspecified atom stereocenters. The van der Waals surface area contributed by atoms with Crippen molar-refractivity contribution in [1.82, 2.24) is 14.7 Å². The van der Waals surface area contributed by atoms with E-state index in [0.29, 0.717) is 26.2 Å². The SMILES string of the molecule is O=C(COc1cccc2ccccc12)N1CCN(C(=O)N2CCCCC2)CC1. The molecule has 28 heavy (non-hydrogen) atoms. The predicted octanol–water partition coefficient (Wildman–Crippen LogP) is 2.97. The highest BCUT2D eigenvalue weighted by Gasteiger charge is 2.28. The molecule has 2 aromatic carbocycles. The zero-order valence-electron chi connectivity index (χ0n) is 16.2. The molecule has 0 aromatic heterocycles. The summed E-state index contributed by atoms with van der Waals surface area (Å²) in [7, 11) is 0. The molecule has 0 N–H and O–H groups in total. The third-order valence-electron chi connectivity index (χ3n) is 5.63. The number of hydrogen-bond donors (Lipinski definition) is 0. The lowest BCUT2D eigenvalue weighted by Gasteiger charge is -2.38. The predicted molar refractivity (Wildman–Crippen MR) is 108 cm³/mol. The molecular weight excluding hydrogens is 354 g/mol. The normalized spacial score (nSPS) is 17.6. The van der Waals surface area contributed by atoms with Crippen LogP contribution in [-0.2, 0) is 4.79 Å². The molecule has 2 aliphatic heterocycles. The second-order valence-corrected chi connectivity index (χ2v) is 7.46. The van der Waals surface area contributed by atoms with E-state index in [1.807, 2.05) is 52.3 Å². The minimum atomic E-state index is -0.0296. The van der Waals surface area contributed by atoms with E-state index < -0.39 is 0 Å². The summed E-state index contributed by atoms with van der Waals surface area (Å²) in [5.74, 6) is 0.698. The lowest BCUT2D eigenvalue weighted by Crippen LogP contribution is -2.55. The topological polar surface area (TPSA) is 53.1 Å². The van der Waals surface area contributed by atoms with E-state index in [1.54, 1.807) is 4.90 Å². The second-order valence-electron chi connectivity index (χ2n) is 7.46. The molecule has 3 amide bonds. The van der Waals surface area contributed by atoms with Crippen LogP contribution < -0.4 is 4.74 Å². The maximum absolute atomic E-state index is 12.6. The van der Waals surface area contributed by atoms with Gasteiger partial charge in [0.25, 0.3) is 5.91 Å². The maximum Gasteiger partial charge on any atom is 0.320 e. The van der Waals surface area contributed by atoms with Gasteiger partial charge in [-0.15, -0.1) is 0 Å². The Morgan fingerprint density at radius 2 is 1.39 bits per heavy atom. The standard InChI is InChI=1S/C22H27N3O3/c26-21(17-28-20-10-6-8-18-7-2-3-9-19(18)20)23-13-15-25(16-14-23)22(27)24-11-4-1-5-12-24/h2-3,6-10H,1,4-5,11-17H2. The number of amides is 3. The molecule has 2 saturated heterocycles. The summed E-state index contributed by atoms with van der Waals surface area (Å²) in [6.45, 7) is 4.06. The van der Waals surface area contributed by atoms with Crippen molar-refractivity contribution >= 4 is 22.7 Å². The van der Waals surface area contributed by atoms with E-state index in [1.165, 1.54) is 6.42 Å². The van der Waals surface area contributed by atoms with Crippen LogP contribution in [0.15, 0.2) is 42.5 Å². The Labute approximate surface area is 165 Å². The van der Waals surface area contributed by atoms with E-state index >= 15 is 0 Å². The first kappa shape index (κ1) is 18.6. The van der Waals surface area contributed by atoms with Crippen molar-refractivity contribution in [3.05, 3.63) is 42.5 Å². The number of piperidine rings is 1. The number of urea groups is 1. The molecule has 2 aromatic rings. The fourth-order valence-corrected chi connectivity index (χ4v) is 3.98. The molecule has 2 heterocycles. The Morgan fingerprint density at radius 1 is 0.750 bits per heavy atom. The monoisotopic (exact) mass is 381 g/mol. The number of piperazine rings is 1. The molecule has 0 spiro atoms. The van der Waals surface area contributed by atoms with Gasteiger partial charge in [0.1, 0.15) is 5.75 Å². The van der Waals surface area contributed by atoms with Crippen LogP contribution in [0.5, 0.6) is 5.75 Å². The molecule has 6 heteroatoms. The van der Waals surface area contributed by atoms with Crippen LogP contribution >= 0.6 is 0 Å². The van der Waals surface area contributed by atoms with Crippen molar-refractivity contribution in [2.45, 2.75) is 19.3 Å². The first-order valence-corrected chi connectivity index (χ1v) is 10.1. The minimum Gasteiger partial charge on any atom is -0.483 e. The fourth-order valence-electron chi connectivity index (χ4n) is 3.98. The van der Waals surface area contributed by atoms with Gasteiger partial charge in [0.15, 0.2) is 6.61 Å². The highest BCUT2D eigenvalue weighted by molar-refractivity contribution is 5.88. The maximum atomic E-state index is 12.6. The summed E-state index contributed by atoms with van der Waals surface area (Å²) in [5, 5.41) is 2.10. The molecule has 148 valence electrons. The highest BCUT2D eigenvalue weighted by Crippen LogP contribution is 2.25. The molecule has 6 nitrogen and oxygen atoms in total. The molecule has 0 atom stereocenters. The van der Waals surface area contributed by atoms with Gasteiger partial charge in [-0.25, -0.2) is 4.79 Å². The van der Waals surface area contributed by atoms with Crippen LogP contribution in [0.3, 0.4) is 0 Å². The number of fused-ring (bicyclic) bond motifs is 1. The smallest absolute Gasteiger partial charge is 0.320 e. The van der Waals surface area contributed by atoms with Crippen molar-refractivity contribution in [3.8, 4) is 5.75 Å². The van der Waals surface area contributed by atoms with E-state index in [2.05, 4.69) is 0 Å². The number of benzene rings is 2. The molecule has 0 saturated carbocycles. The molecule has 0 aliphatic carbocycles. The molecule has 4 rings (SSSR count). The summed E-state index contributed by atoms with van der Waals surface area (Å²) in [5.41, 5.74) is 0. The number of hydrogen-bond acceptors (Lipinski definition) is 3. The van der Waals surface area contributed by atoms with Crippen molar-refractivity contribution in [2.75, 3.05) is 45.9 Å². The van der Waals surface area contributed by atoms with Crippen LogP contribution in [0.4, 0.5) is 4.79 Å². The van der Waals surface area contributed by atoms with Gasteiger partial charge in [-0.1, -0.05) is 36.4 Å². The molecule has 2 fully saturated rings. The average Bonchev–Trinajstić information content (AvgIpc) is 2.77. The number of nitrogens with zero attached hydrogens (tertiary/aromatic N) is 3. The largest absolute Gasteiger partial charge is 0.483 e. The number of carbonyl (C=O) groups excluding carboxylic acids is 2. The van der Waals surface area contributed by atoms with Gasteiger partial charge in [0.2, 0.25) is 0 Å². The van der Waals surface area contributed by atoms with Crippen LogP contribution in [0.2, 0.25) is 0 Å². The third-order valence-corrected chi connectivity index (χ3v) is 5.63. The Balaban J connectivity index is 1.29. The molecule has 2 aliphatic rings. The number of ether oxygens (including phenoxy) is 1. The fraction of sp³-hybridized carbons (Fsp3) is 0.455. The van der Waals surface area contributed by atoms with Crippen molar-refractivity contribution in [1.29, 1.82) is 0 Å². The highest BCUT2D eigenvalue weighted by atomic mass is 16.5. The lowest BCUT2D eigenvalue weighted by atomic mass is 10.1. The number of rotatable bonds is 3. The lowest BCUT2D eigenvalue weighted by molar-refractivity contribution is -0.134. The first-order valence-electron chi connectivity index (χ1n) is 10.1. The van der Waals surface area contributed by atoms with Crippen LogP contribution in [0.1, 0.15) is 19.3 Å². The zero-order chi connectivity index (χ0) is 19.3. The molecule has 0 radical (unpaired) electrons. The summed E-state index contributed by atoms with van der Waals surface area (Å²) in [4.78, 5) is 30.8. The summed E-state index contributed by atoms with van der Waals surface area (Å²) < 4.78 is 5.82. The van der Waals surface area contributed by atoms with Crippen LogP contribution in [0, 0.1) is 0 Å². The summed E-state index contributed by atoms with van der Waals surface area (Å²) in [6.07, 6.45) is 3.40. The van der Waals surface area contributed by atoms with Gasteiger partial charge in [-0.2, -0.15) is 0 Å². The van der Waals surface area contributed by atoms with Gasteiger partial charge in [0.05, 0.1) is 0 Å². The van der Waals surface area contributed by atoms with E-state index in [4.69, 9.17) is 4.74 Å². The van der Waals surface area contributed by atoms with Gasteiger partial charge in [-0.05, 0) is 30.7 Å². The number of likely N-dealkylation sites (tertiary alicyclic amines) is 1. The van der Waals surface area contributed by atoms with E-state index in [0.717, 1.165) is 42.5 Å². The number of carbonyl (C=O) groups is 2. The summed E-state index contributed by atoms with van der Waals surface area (Å²) >= 11 is 0. The molecular formula is C22H27N3O3. The Bertz CT molecular complexity index is 835. The van der Waals surface area contributed by atoms with Gasteiger partial charge in [-0.3, -0.25) is 4.79 Å². The third kappa shape index (κ3) is 4.06. The van der Waals surface area contributed by atoms with Gasteiger partial charge >= 0.3 is 6.03 Å². The van der Waals surface area contributed by atoms with Crippen LogP contribution in [0.25, 0.3) is 10.8 Å². The Kier molecular flexibility index (Phi) is 5.65. The average molecular weight is 381 g/mol. The van der Waals surface area contributed by atoms with Crippen molar-refractivity contribution < 1.29 is 14.3 Å². The Morgan fingerprint density at radius 3 is 2.18 bits per heavy atom. The molecule has 0 bridgehead atoms. The minimum absolute atomic E-state index is 0.0219.